The van der Waals surface area contributed by atoms with E-state index in [0.717, 1.165) is 12.1 Å². The van der Waals surface area contributed by atoms with Gasteiger partial charge in [0.1, 0.15) is 5.60 Å². The fourth-order valence-corrected chi connectivity index (χ4v) is 2.37. The maximum absolute atomic E-state index is 10.7. The van der Waals surface area contributed by atoms with E-state index in [2.05, 4.69) is 4.90 Å². The minimum absolute atomic E-state index is 0. The molecule has 1 aliphatic heterocycles. The van der Waals surface area contributed by atoms with Crippen LogP contribution in [0.2, 0.25) is 0 Å². The Morgan fingerprint density at radius 3 is 2.58 bits per heavy atom. The molecule has 0 saturated carbocycles. The predicted octanol–water partition coefficient (Wildman–Crippen LogP) is 1.01. The number of halogens is 2. The number of methoxy groups -OCH3 is 1. The van der Waals surface area contributed by atoms with Gasteiger partial charge in [0, 0.05) is 26.7 Å². The molecule has 1 heterocycles. The number of β-amino-alcohol motifs (C(OH)–C–C–N with tert-alkyl or cyclic N) is 1. The van der Waals surface area contributed by atoms with E-state index in [9.17, 15) is 5.11 Å². The Bertz CT molecular complexity index is 367. The van der Waals surface area contributed by atoms with Crippen LogP contribution in [0.15, 0.2) is 30.3 Å². The minimum atomic E-state index is -0.936. The Hall–Kier alpha value is -0.360. The smallest absolute Gasteiger partial charge is 0.118 e. The average Bonchev–Trinajstić information content (AvgIpc) is 2.65. The Labute approximate surface area is 126 Å². The van der Waals surface area contributed by atoms with E-state index >= 15 is 0 Å². The van der Waals surface area contributed by atoms with Crippen molar-refractivity contribution in [2.45, 2.75) is 11.6 Å². The van der Waals surface area contributed by atoms with Crippen molar-refractivity contribution < 1.29 is 9.84 Å². The van der Waals surface area contributed by atoms with Gasteiger partial charge < -0.3 is 15.6 Å². The van der Waals surface area contributed by atoms with E-state index in [1.165, 1.54) is 0 Å². The Balaban J connectivity index is 0.00000162. The number of rotatable bonds is 4. The van der Waals surface area contributed by atoms with Crippen LogP contribution in [0.5, 0.6) is 0 Å². The molecule has 1 aliphatic rings. The monoisotopic (exact) mass is 308 g/mol. The van der Waals surface area contributed by atoms with Gasteiger partial charge in [0.05, 0.1) is 12.6 Å². The molecule has 0 aliphatic carbocycles. The summed E-state index contributed by atoms with van der Waals surface area (Å²) >= 11 is 0. The highest BCUT2D eigenvalue weighted by Crippen LogP contribution is 2.30. The molecule has 110 valence electrons. The molecule has 2 rings (SSSR count). The molecule has 4 nitrogen and oxygen atoms in total. The lowest BCUT2D eigenvalue weighted by Crippen LogP contribution is -2.44. The minimum Gasteiger partial charge on any atom is -0.383 e. The van der Waals surface area contributed by atoms with Gasteiger partial charge >= 0.3 is 0 Å². The van der Waals surface area contributed by atoms with Gasteiger partial charge in [0.2, 0.25) is 0 Å². The van der Waals surface area contributed by atoms with Crippen LogP contribution in [0.3, 0.4) is 0 Å². The summed E-state index contributed by atoms with van der Waals surface area (Å²) in [5.74, 6) is 0. The molecule has 0 unspecified atom stereocenters. The van der Waals surface area contributed by atoms with Gasteiger partial charge in [-0.1, -0.05) is 30.3 Å². The van der Waals surface area contributed by atoms with E-state index in [0.29, 0.717) is 19.7 Å². The fraction of sp³-hybridized carbons (Fsp3) is 0.538. The highest BCUT2D eigenvalue weighted by atomic mass is 35.5. The van der Waals surface area contributed by atoms with Crippen molar-refractivity contribution in [3.63, 3.8) is 0 Å². The van der Waals surface area contributed by atoms with Gasteiger partial charge in [-0.15, -0.1) is 24.8 Å². The summed E-state index contributed by atoms with van der Waals surface area (Å²) < 4.78 is 5.05. The van der Waals surface area contributed by atoms with E-state index < -0.39 is 5.60 Å². The fourth-order valence-electron chi connectivity index (χ4n) is 2.37. The lowest BCUT2D eigenvalue weighted by atomic mass is 9.90. The van der Waals surface area contributed by atoms with Gasteiger partial charge in [-0.25, -0.2) is 0 Å². The predicted molar refractivity (Wildman–Crippen MR) is 81.1 cm³/mol. The zero-order valence-corrected chi connectivity index (χ0v) is 12.6. The van der Waals surface area contributed by atoms with Crippen LogP contribution in [0.25, 0.3) is 0 Å². The highest BCUT2D eigenvalue weighted by molar-refractivity contribution is 5.85. The molecule has 6 heteroatoms. The summed E-state index contributed by atoms with van der Waals surface area (Å²) in [5, 5.41) is 10.7. The summed E-state index contributed by atoms with van der Waals surface area (Å²) in [6.07, 6.45) is 0. The van der Waals surface area contributed by atoms with Gasteiger partial charge in [-0.2, -0.15) is 0 Å². The Kier molecular flexibility index (Phi) is 7.89. The number of hydrogen-bond acceptors (Lipinski definition) is 4. The molecule has 19 heavy (non-hydrogen) atoms. The van der Waals surface area contributed by atoms with Crippen molar-refractivity contribution in [2.75, 3.05) is 33.4 Å². The summed E-state index contributed by atoms with van der Waals surface area (Å²) in [6.45, 7) is 2.74. The second-order valence-electron chi connectivity index (χ2n) is 4.62. The van der Waals surface area contributed by atoms with Crippen molar-refractivity contribution in [3.8, 4) is 0 Å². The van der Waals surface area contributed by atoms with Gasteiger partial charge in [-0.3, -0.25) is 4.90 Å². The maximum atomic E-state index is 10.7. The number of ether oxygens (including phenoxy) is 1. The molecule has 0 aromatic heterocycles. The number of aliphatic hydroxyl groups is 1. The molecule has 1 saturated heterocycles. The lowest BCUT2D eigenvalue weighted by Gasteiger charge is -2.27. The molecule has 1 fully saturated rings. The number of benzene rings is 1. The zero-order chi connectivity index (χ0) is 12.3. The van der Waals surface area contributed by atoms with Crippen molar-refractivity contribution in [1.29, 1.82) is 0 Å². The van der Waals surface area contributed by atoms with Crippen molar-refractivity contribution in [2.24, 2.45) is 5.73 Å². The molecule has 1 aromatic rings. The second kappa shape index (κ2) is 8.04. The molecule has 0 radical (unpaired) electrons. The van der Waals surface area contributed by atoms with Crippen LogP contribution in [-0.2, 0) is 10.3 Å². The molecule has 2 atom stereocenters. The first-order valence-electron chi connectivity index (χ1n) is 5.91. The summed E-state index contributed by atoms with van der Waals surface area (Å²) in [6, 6.07) is 9.41. The van der Waals surface area contributed by atoms with Crippen LogP contribution >= 0.6 is 24.8 Å². The molecule has 0 bridgehead atoms. The third kappa shape index (κ3) is 4.05. The normalized spacial score (nSPS) is 26.6. The third-order valence-electron chi connectivity index (χ3n) is 3.42. The van der Waals surface area contributed by atoms with Crippen LogP contribution < -0.4 is 5.73 Å². The number of nitrogens with two attached hydrogens (primary N) is 1. The maximum Gasteiger partial charge on any atom is 0.118 e. The van der Waals surface area contributed by atoms with E-state index in [1.54, 1.807) is 7.11 Å². The molecular formula is C13H22Cl2N2O2. The number of nitrogens with zero attached hydrogens (tertiary/aromatic N) is 1. The van der Waals surface area contributed by atoms with Crippen LogP contribution in [0, 0.1) is 0 Å². The molecule has 3 N–H and O–H groups in total. The van der Waals surface area contributed by atoms with E-state index in [1.807, 2.05) is 30.3 Å². The molecule has 0 amide bonds. The van der Waals surface area contributed by atoms with Crippen molar-refractivity contribution in [1.82, 2.24) is 4.90 Å². The largest absolute Gasteiger partial charge is 0.383 e. The van der Waals surface area contributed by atoms with Crippen molar-refractivity contribution in [3.05, 3.63) is 35.9 Å². The average molecular weight is 309 g/mol. The topological polar surface area (TPSA) is 58.7 Å². The summed E-state index contributed by atoms with van der Waals surface area (Å²) in [4.78, 5) is 2.14. The first-order valence-corrected chi connectivity index (χ1v) is 5.91. The zero-order valence-electron chi connectivity index (χ0n) is 11.0. The summed E-state index contributed by atoms with van der Waals surface area (Å²) in [5.41, 5.74) is 6.04. The summed E-state index contributed by atoms with van der Waals surface area (Å²) in [7, 11) is 1.68. The highest BCUT2D eigenvalue weighted by Gasteiger charge is 2.44. The quantitative estimate of drug-likeness (QED) is 0.871. The van der Waals surface area contributed by atoms with Gasteiger partial charge in [0.15, 0.2) is 0 Å². The van der Waals surface area contributed by atoms with Gasteiger partial charge in [-0.05, 0) is 5.56 Å². The number of likely N-dealkylation sites (tertiary alicyclic amines) is 1. The lowest BCUT2D eigenvalue weighted by molar-refractivity contribution is 0.0309. The third-order valence-corrected chi connectivity index (χ3v) is 3.42. The first kappa shape index (κ1) is 18.6. The van der Waals surface area contributed by atoms with Crippen LogP contribution in [0.4, 0.5) is 0 Å². The van der Waals surface area contributed by atoms with E-state index in [-0.39, 0.29) is 30.9 Å². The molecular weight excluding hydrogens is 287 g/mol. The SMILES string of the molecule is COCCN1C[C@@H](N)[C@@](O)(c2ccccc2)C1.Cl.Cl. The van der Waals surface area contributed by atoms with Crippen LogP contribution in [-0.4, -0.2) is 49.4 Å². The molecule has 1 aromatic carbocycles. The van der Waals surface area contributed by atoms with E-state index in [4.69, 9.17) is 10.5 Å². The van der Waals surface area contributed by atoms with Gasteiger partial charge in [0.25, 0.3) is 0 Å². The Morgan fingerprint density at radius 1 is 1.37 bits per heavy atom. The second-order valence-corrected chi connectivity index (χ2v) is 4.62. The van der Waals surface area contributed by atoms with Crippen LogP contribution in [0.1, 0.15) is 5.56 Å². The Morgan fingerprint density at radius 2 is 2.00 bits per heavy atom. The standard InChI is InChI=1S/C13H20N2O2.2ClH/c1-17-8-7-15-9-12(14)13(16,10-15)11-5-3-2-4-6-11;;/h2-6,12,16H,7-10,14H2,1H3;2*1H/t12-,13+;;/m1../s1. The van der Waals surface area contributed by atoms with Crippen molar-refractivity contribution >= 4 is 24.8 Å². The molecule has 0 spiro atoms. The first-order chi connectivity index (χ1) is 8.16. The number of hydrogen-bond donors (Lipinski definition) is 2.